The Hall–Kier alpha value is 0.526. The molecule has 7 heteroatoms. The first kappa shape index (κ1) is 45.4. The van der Waals surface area contributed by atoms with E-state index < -0.39 is 0 Å². The summed E-state index contributed by atoms with van der Waals surface area (Å²) in [5, 5.41) is 0.809. The van der Waals surface area contributed by atoms with Crippen LogP contribution in [0.15, 0.2) is 48.6 Å². The second-order valence-electron chi connectivity index (χ2n) is 7.74. The van der Waals surface area contributed by atoms with Crippen molar-refractivity contribution in [1.29, 1.82) is 0 Å². The van der Waals surface area contributed by atoms with Crippen molar-refractivity contribution < 1.29 is 35.9 Å². The predicted molar refractivity (Wildman–Crippen MR) is 155 cm³/mol. The first-order valence-electron chi connectivity index (χ1n) is 12.0. The van der Waals surface area contributed by atoms with Crippen LogP contribution in [-0.4, -0.2) is 67.4 Å². The molecule has 204 valence electrons. The van der Waals surface area contributed by atoms with Gasteiger partial charge in [0.15, 0.2) is 12.6 Å². The molecule has 0 radical (unpaired) electrons. The van der Waals surface area contributed by atoms with Crippen molar-refractivity contribution in [3.63, 3.8) is 0 Å². The SMILES string of the molecule is C=C(C)CCCC(=C)CC(OCC)OCC.C=C(C)C[CH2-].C=C(CBr)CC(OCC)OCC.[Br-].[Mg+2]. The van der Waals surface area contributed by atoms with Crippen molar-refractivity contribution in [3.05, 3.63) is 55.5 Å². The summed E-state index contributed by atoms with van der Waals surface area (Å²) >= 11 is 3.33. The quantitative estimate of drug-likeness (QED) is 0.0681. The fraction of sp³-hybridized carbons (Fsp3) is 0.679. The molecule has 0 saturated heterocycles. The molecule has 0 aromatic rings. The minimum absolute atomic E-state index is 0. The summed E-state index contributed by atoms with van der Waals surface area (Å²) < 4.78 is 21.7. The van der Waals surface area contributed by atoms with Gasteiger partial charge in [0.05, 0.1) is 0 Å². The van der Waals surface area contributed by atoms with Gasteiger partial charge in [-0.05, 0) is 60.8 Å². The van der Waals surface area contributed by atoms with Crippen LogP contribution < -0.4 is 17.0 Å². The second-order valence-corrected chi connectivity index (χ2v) is 8.30. The van der Waals surface area contributed by atoms with Gasteiger partial charge in [-0.15, -0.1) is 18.7 Å². The Morgan fingerprint density at radius 3 is 1.31 bits per heavy atom. The molecule has 0 bridgehead atoms. The first-order chi connectivity index (χ1) is 15.6. The molecule has 0 atom stereocenters. The van der Waals surface area contributed by atoms with E-state index in [1.165, 1.54) is 11.1 Å². The average molecular weight is 637 g/mol. The Morgan fingerprint density at radius 1 is 0.714 bits per heavy atom. The van der Waals surface area contributed by atoms with E-state index in [1.54, 1.807) is 0 Å². The number of halogens is 2. The van der Waals surface area contributed by atoms with Gasteiger partial charge in [0.2, 0.25) is 0 Å². The number of allylic oxidation sites excluding steroid dienone is 2. The maximum absolute atomic E-state index is 5.48. The van der Waals surface area contributed by atoms with Gasteiger partial charge in [0.1, 0.15) is 0 Å². The van der Waals surface area contributed by atoms with E-state index in [2.05, 4.69) is 56.1 Å². The van der Waals surface area contributed by atoms with Crippen LogP contribution in [-0.2, 0) is 18.9 Å². The molecule has 0 aliphatic heterocycles. The van der Waals surface area contributed by atoms with Gasteiger partial charge in [-0.2, -0.15) is 6.42 Å². The Kier molecular flexibility index (Phi) is 44.8. The Balaban J connectivity index is -0.000000140. The summed E-state index contributed by atoms with van der Waals surface area (Å²) in [6.07, 6.45) is 5.43. The molecule has 0 rings (SSSR count). The maximum Gasteiger partial charge on any atom is 2.00 e. The van der Waals surface area contributed by atoms with E-state index >= 15 is 0 Å². The zero-order valence-corrected chi connectivity index (χ0v) is 28.2. The van der Waals surface area contributed by atoms with E-state index in [9.17, 15) is 0 Å². The second kappa shape index (κ2) is 34.5. The minimum Gasteiger partial charge on any atom is -1.00 e. The number of alkyl halides is 1. The molecule has 4 nitrogen and oxygen atoms in total. The molecule has 0 N–H and O–H groups in total. The Labute approximate surface area is 253 Å². The molecule has 0 aliphatic rings. The van der Waals surface area contributed by atoms with Gasteiger partial charge in [0, 0.05) is 44.6 Å². The topological polar surface area (TPSA) is 36.9 Å². The normalized spacial score (nSPS) is 9.66. The number of ether oxygens (including phenoxy) is 4. The molecule has 0 aromatic carbocycles. The molecular formula is C28H52Br2MgO4. The van der Waals surface area contributed by atoms with Gasteiger partial charge in [-0.1, -0.05) is 45.8 Å². The standard InChI is InChI=1S/C14H26O2.C9H17BrO2.C5H9.BrH.Mg/c1-6-15-14(16-7-2)11-13(5)10-8-9-12(3)4;1-4-11-9(12-5-2)6-8(3)7-10;1-4-5(2)3;;/h14H,3,5-11H2,1-2,4H3;9H,3-7H2,1-2H3;1-2,4H2,3H3;1H;/q;;-1;;+2/p-1. The van der Waals surface area contributed by atoms with Crippen LogP contribution in [0.5, 0.6) is 0 Å². The van der Waals surface area contributed by atoms with Crippen molar-refractivity contribution in [2.75, 3.05) is 31.8 Å². The van der Waals surface area contributed by atoms with E-state index in [1.807, 2.05) is 34.6 Å². The summed E-state index contributed by atoms with van der Waals surface area (Å²) in [6.45, 7) is 33.7. The molecule has 35 heavy (non-hydrogen) atoms. The fourth-order valence-corrected chi connectivity index (χ4v) is 2.57. The third-order valence-corrected chi connectivity index (χ3v) is 4.86. The van der Waals surface area contributed by atoms with Crippen molar-refractivity contribution in [1.82, 2.24) is 0 Å². The van der Waals surface area contributed by atoms with Crippen LogP contribution >= 0.6 is 15.9 Å². The first-order valence-corrected chi connectivity index (χ1v) is 13.2. The van der Waals surface area contributed by atoms with Gasteiger partial charge < -0.3 is 42.9 Å². The molecule has 0 unspecified atom stereocenters. The number of hydrogen-bond donors (Lipinski definition) is 0. The molecule has 0 spiro atoms. The van der Waals surface area contributed by atoms with E-state index in [4.69, 9.17) is 18.9 Å². The zero-order valence-electron chi connectivity index (χ0n) is 23.6. The zero-order chi connectivity index (χ0) is 26.1. The smallest absolute Gasteiger partial charge is 1.00 e. The van der Waals surface area contributed by atoms with Crippen molar-refractivity contribution >= 4 is 39.0 Å². The molecule has 0 saturated carbocycles. The summed E-state index contributed by atoms with van der Waals surface area (Å²) in [6, 6.07) is 0. The summed E-state index contributed by atoms with van der Waals surface area (Å²) in [4.78, 5) is 0. The predicted octanol–water partition coefficient (Wildman–Crippen LogP) is 5.21. The maximum atomic E-state index is 5.48. The molecule has 0 amide bonds. The summed E-state index contributed by atoms with van der Waals surface area (Å²) in [5.41, 5.74) is 4.68. The van der Waals surface area contributed by atoms with Gasteiger partial charge >= 0.3 is 23.1 Å². The third kappa shape index (κ3) is 39.2. The van der Waals surface area contributed by atoms with E-state index in [0.717, 1.165) is 55.0 Å². The largest absolute Gasteiger partial charge is 2.00 e. The van der Waals surface area contributed by atoms with Gasteiger partial charge in [0.25, 0.3) is 0 Å². The fourth-order valence-electron chi connectivity index (χ4n) is 2.34. The van der Waals surface area contributed by atoms with Crippen molar-refractivity contribution in [2.24, 2.45) is 0 Å². The minimum atomic E-state index is -0.120. The monoisotopic (exact) mass is 634 g/mol. The van der Waals surface area contributed by atoms with E-state index in [-0.39, 0.29) is 52.6 Å². The molecular weight excluding hydrogens is 584 g/mol. The molecule has 0 aliphatic carbocycles. The van der Waals surface area contributed by atoms with E-state index in [0.29, 0.717) is 26.4 Å². The summed E-state index contributed by atoms with van der Waals surface area (Å²) in [7, 11) is 0. The average Bonchev–Trinajstić information content (AvgIpc) is 2.75. The van der Waals surface area contributed by atoms with Crippen LogP contribution in [0.4, 0.5) is 0 Å². The van der Waals surface area contributed by atoms with Crippen LogP contribution in [0.3, 0.4) is 0 Å². The Morgan fingerprint density at radius 2 is 1.06 bits per heavy atom. The number of hydrogen-bond acceptors (Lipinski definition) is 4. The molecule has 0 aromatic heterocycles. The summed E-state index contributed by atoms with van der Waals surface area (Å²) in [5.74, 6) is 0. The Bertz CT molecular complexity index is 501. The van der Waals surface area contributed by atoms with Crippen LogP contribution in [0.2, 0.25) is 0 Å². The third-order valence-electron chi connectivity index (χ3n) is 4.07. The van der Waals surface area contributed by atoms with Gasteiger partial charge in [-0.25, -0.2) is 0 Å². The number of rotatable bonds is 18. The van der Waals surface area contributed by atoms with Crippen LogP contribution in [0.1, 0.15) is 80.1 Å². The van der Waals surface area contributed by atoms with Crippen LogP contribution in [0, 0.1) is 6.92 Å². The molecule has 0 heterocycles. The van der Waals surface area contributed by atoms with Crippen molar-refractivity contribution in [3.8, 4) is 0 Å². The molecule has 0 fully saturated rings. The van der Waals surface area contributed by atoms with Crippen LogP contribution in [0.25, 0.3) is 0 Å². The van der Waals surface area contributed by atoms with Gasteiger partial charge in [-0.3, -0.25) is 0 Å². The van der Waals surface area contributed by atoms with Crippen molar-refractivity contribution in [2.45, 2.75) is 92.6 Å².